The molecule has 3 rings (SSSR count). The summed E-state index contributed by atoms with van der Waals surface area (Å²) in [5.41, 5.74) is 10.2. The number of halogens is 2. The van der Waals surface area contributed by atoms with E-state index < -0.39 is 0 Å². The van der Waals surface area contributed by atoms with Crippen LogP contribution in [-0.4, -0.2) is 6.54 Å². The first kappa shape index (κ1) is 12.5. The molecule has 0 unspecified atom stereocenters. The van der Waals surface area contributed by atoms with Gasteiger partial charge in [0.2, 0.25) is 0 Å². The van der Waals surface area contributed by atoms with Gasteiger partial charge in [-0.05, 0) is 46.1 Å². The van der Waals surface area contributed by atoms with Gasteiger partial charge in [-0.2, -0.15) is 0 Å². The zero-order chi connectivity index (χ0) is 13.4. The number of hydrogen-bond donors (Lipinski definition) is 1. The summed E-state index contributed by atoms with van der Waals surface area (Å²) in [7, 11) is 0. The highest BCUT2D eigenvalue weighted by Crippen LogP contribution is 2.34. The molecule has 1 aliphatic heterocycles. The first-order valence-electron chi connectivity index (χ1n) is 6.22. The van der Waals surface area contributed by atoms with E-state index in [0.29, 0.717) is 11.0 Å². The molecule has 0 bridgehead atoms. The molecule has 0 saturated heterocycles. The molecule has 0 fully saturated rings. The summed E-state index contributed by atoms with van der Waals surface area (Å²) in [6.07, 6.45) is 0.953. The van der Waals surface area contributed by atoms with Crippen molar-refractivity contribution in [3.63, 3.8) is 0 Å². The molecular weight excluding hydrogens is 307 g/mol. The maximum absolute atomic E-state index is 13.5. The highest BCUT2D eigenvalue weighted by Gasteiger charge is 2.21. The number of rotatable bonds is 2. The lowest BCUT2D eigenvalue weighted by molar-refractivity contribution is 0.617. The monoisotopic (exact) mass is 320 g/mol. The molecular formula is C15H14BrFN2. The van der Waals surface area contributed by atoms with Gasteiger partial charge in [0.1, 0.15) is 5.82 Å². The van der Waals surface area contributed by atoms with Crippen LogP contribution in [0.4, 0.5) is 15.8 Å². The average Bonchev–Trinajstić information content (AvgIpc) is 2.80. The number of fused-ring (bicyclic) bond motifs is 1. The lowest BCUT2D eigenvalue weighted by atomic mass is 10.1. The van der Waals surface area contributed by atoms with Gasteiger partial charge in [-0.25, -0.2) is 4.39 Å². The van der Waals surface area contributed by atoms with Gasteiger partial charge in [0.25, 0.3) is 0 Å². The van der Waals surface area contributed by atoms with Crippen LogP contribution in [0.2, 0.25) is 0 Å². The van der Waals surface area contributed by atoms with Gasteiger partial charge < -0.3 is 10.6 Å². The number of anilines is 2. The topological polar surface area (TPSA) is 29.3 Å². The molecule has 0 saturated carbocycles. The number of hydrogen-bond acceptors (Lipinski definition) is 2. The molecule has 0 aliphatic carbocycles. The minimum Gasteiger partial charge on any atom is -0.398 e. The third kappa shape index (κ3) is 2.21. The minimum atomic E-state index is -0.218. The second-order valence-electron chi connectivity index (χ2n) is 4.73. The molecule has 2 aromatic rings. The fourth-order valence-corrected chi connectivity index (χ4v) is 2.96. The lowest BCUT2D eigenvalue weighted by Crippen LogP contribution is -2.20. The van der Waals surface area contributed by atoms with E-state index in [0.717, 1.165) is 29.9 Å². The molecule has 0 radical (unpaired) electrons. The van der Waals surface area contributed by atoms with Gasteiger partial charge in [-0.1, -0.05) is 18.2 Å². The van der Waals surface area contributed by atoms with Gasteiger partial charge in [-0.15, -0.1) is 0 Å². The molecule has 2 nitrogen and oxygen atoms in total. The summed E-state index contributed by atoms with van der Waals surface area (Å²) in [5.74, 6) is -0.218. The van der Waals surface area contributed by atoms with Crippen molar-refractivity contribution >= 4 is 27.3 Å². The zero-order valence-corrected chi connectivity index (χ0v) is 12.0. The summed E-state index contributed by atoms with van der Waals surface area (Å²) < 4.78 is 14.1. The summed E-state index contributed by atoms with van der Waals surface area (Å²) >= 11 is 3.32. The summed E-state index contributed by atoms with van der Waals surface area (Å²) in [5, 5.41) is 0. The van der Waals surface area contributed by atoms with Crippen molar-refractivity contribution in [1.82, 2.24) is 0 Å². The Bertz CT molecular complexity index is 628. The highest BCUT2D eigenvalue weighted by atomic mass is 79.9. The number of nitrogen functional groups attached to an aromatic ring is 1. The van der Waals surface area contributed by atoms with Gasteiger partial charge in [0.15, 0.2) is 0 Å². The van der Waals surface area contributed by atoms with Crippen LogP contribution in [0.5, 0.6) is 0 Å². The van der Waals surface area contributed by atoms with Crippen molar-refractivity contribution in [2.24, 2.45) is 0 Å². The van der Waals surface area contributed by atoms with E-state index in [4.69, 9.17) is 5.73 Å². The molecule has 1 aliphatic rings. The summed E-state index contributed by atoms with van der Waals surface area (Å²) in [6.45, 7) is 1.61. The Kier molecular flexibility index (Phi) is 3.19. The van der Waals surface area contributed by atoms with Crippen LogP contribution >= 0.6 is 15.9 Å². The van der Waals surface area contributed by atoms with E-state index in [2.05, 4.69) is 26.9 Å². The fraction of sp³-hybridized carbons (Fsp3) is 0.200. The van der Waals surface area contributed by atoms with Crippen LogP contribution in [0.15, 0.2) is 40.9 Å². The van der Waals surface area contributed by atoms with Crippen molar-refractivity contribution < 1.29 is 4.39 Å². The molecule has 0 amide bonds. The normalized spacial score (nSPS) is 13.7. The average molecular weight is 321 g/mol. The smallest absolute Gasteiger partial charge is 0.137 e. The van der Waals surface area contributed by atoms with E-state index in [9.17, 15) is 4.39 Å². The predicted molar refractivity (Wildman–Crippen MR) is 79.7 cm³/mol. The maximum atomic E-state index is 13.5. The van der Waals surface area contributed by atoms with Crippen molar-refractivity contribution in [2.45, 2.75) is 13.0 Å². The molecule has 2 N–H and O–H groups in total. The van der Waals surface area contributed by atoms with Crippen LogP contribution < -0.4 is 10.6 Å². The Balaban J connectivity index is 1.91. The van der Waals surface area contributed by atoms with E-state index in [-0.39, 0.29) is 5.82 Å². The molecule has 19 heavy (non-hydrogen) atoms. The Morgan fingerprint density at radius 3 is 2.84 bits per heavy atom. The van der Waals surface area contributed by atoms with Crippen LogP contribution in [0, 0.1) is 5.82 Å². The van der Waals surface area contributed by atoms with Gasteiger partial charge in [-0.3, -0.25) is 0 Å². The second kappa shape index (κ2) is 4.85. The number of nitrogens with zero attached hydrogens (tertiary/aromatic N) is 1. The lowest BCUT2D eigenvalue weighted by Gasteiger charge is -2.20. The van der Waals surface area contributed by atoms with Gasteiger partial charge in [0, 0.05) is 30.0 Å². The molecule has 98 valence electrons. The van der Waals surface area contributed by atoms with Crippen LogP contribution in [0.1, 0.15) is 11.1 Å². The molecule has 1 heterocycles. The second-order valence-corrected chi connectivity index (χ2v) is 5.52. The quantitative estimate of drug-likeness (QED) is 0.854. The van der Waals surface area contributed by atoms with Crippen molar-refractivity contribution in [2.75, 3.05) is 17.2 Å². The summed E-state index contributed by atoms with van der Waals surface area (Å²) in [4.78, 5) is 2.24. The molecule has 2 aromatic carbocycles. The van der Waals surface area contributed by atoms with Gasteiger partial charge >= 0.3 is 0 Å². The number of benzene rings is 2. The van der Waals surface area contributed by atoms with Crippen LogP contribution in [0.3, 0.4) is 0 Å². The Labute approximate surface area is 120 Å². The van der Waals surface area contributed by atoms with E-state index in [1.165, 1.54) is 11.6 Å². The first-order valence-corrected chi connectivity index (χ1v) is 7.01. The first-order chi connectivity index (χ1) is 9.16. The Hall–Kier alpha value is -1.55. The molecule has 4 heteroatoms. The van der Waals surface area contributed by atoms with E-state index >= 15 is 0 Å². The minimum absolute atomic E-state index is 0.218. The third-order valence-electron chi connectivity index (χ3n) is 3.55. The van der Waals surface area contributed by atoms with Crippen LogP contribution in [0.25, 0.3) is 0 Å². The van der Waals surface area contributed by atoms with Crippen LogP contribution in [-0.2, 0) is 13.0 Å². The standard InChI is InChI=1S/C15H14BrFN2/c16-15-10(3-1-4-12(15)17)9-19-8-7-11-13(18)5-2-6-14(11)19/h1-6H,7-9,18H2. The van der Waals surface area contributed by atoms with Crippen molar-refractivity contribution in [1.29, 1.82) is 0 Å². The van der Waals surface area contributed by atoms with Crippen molar-refractivity contribution in [3.05, 3.63) is 57.8 Å². The summed E-state index contributed by atoms with van der Waals surface area (Å²) in [6, 6.07) is 11.1. The van der Waals surface area contributed by atoms with Crippen molar-refractivity contribution in [3.8, 4) is 0 Å². The Morgan fingerprint density at radius 2 is 2.00 bits per heavy atom. The predicted octanol–water partition coefficient (Wildman–Crippen LogP) is 3.73. The third-order valence-corrected chi connectivity index (χ3v) is 4.44. The zero-order valence-electron chi connectivity index (χ0n) is 10.4. The van der Waals surface area contributed by atoms with Gasteiger partial charge in [0.05, 0.1) is 4.47 Å². The van der Waals surface area contributed by atoms with E-state index in [1.54, 1.807) is 6.07 Å². The maximum Gasteiger partial charge on any atom is 0.137 e. The number of nitrogens with two attached hydrogens (primary N) is 1. The Morgan fingerprint density at radius 1 is 1.21 bits per heavy atom. The fourth-order valence-electron chi connectivity index (χ4n) is 2.57. The SMILES string of the molecule is Nc1cccc2c1CCN2Cc1cccc(F)c1Br. The largest absolute Gasteiger partial charge is 0.398 e. The van der Waals surface area contributed by atoms with E-state index in [1.807, 2.05) is 18.2 Å². The molecule has 0 aromatic heterocycles. The molecule has 0 atom stereocenters. The molecule has 0 spiro atoms. The highest BCUT2D eigenvalue weighted by molar-refractivity contribution is 9.10.